The van der Waals surface area contributed by atoms with E-state index in [1.54, 1.807) is 24.3 Å². The van der Waals surface area contributed by atoms with Crippen LogP contribution in [0.1, 0.15) is 43.5 Å². The number of likely N-dealkylation sites (tertiary alicyclic amines) is 1. The molecule has 6 nitrogen and oxygen atoms in total. The minimum absolute atomic E-state index is 0.152. The standard InChI is InChI=1S/C19H29N3O3S/c1-15-7-10-21(11-8-15)16(2)14-20-19(23)17-5-3-6-18(13-17)22-9-4-12-26(22,24)25/h3,5-6,13,15-16H,4,7-12,14H2,1-2H3,(H,20,23). The van der Waals surface area contributed by atoms with E-state index >= 15 is 0 Å². The number of piperidine rings is 1. The van der Waals surface area contributed by atoms with Gasteiger partial charge in [-0.1, -0.05) is 13.0 Å². The Bertz CT molecular complexity index is 742. The summed E-state index contributed by atoms with van der Waals surface area (Å²) in [7, 11) is -3.23. The largest absolute Gasteiger partial charge is 0.350 e. The molecule has 26 heavy (non-hydrogen) atoms. The van der Waals surface area contributed by atoms with Crippen LogP contribution in [0.4, 0.5) is 5.69 Å². The van der Waals surface area contributed by atoms with Gasteiger partial charge in [0.2, 0.25) is 10.0 Å². The van der Waals surface area contributed by atoms with Gasteiger partial charge in [0.1, 0.15) is 0 Å². The van der Waals surface area contributed by atoms with E-state index in [1.165, 1.54) is 17.1 Å². The first-order valence-electron chi connectivity index (χ1n) is 9.49. The van der Waals surface area contributed by atoms with Crippen LogP contribution in [0.5, 0.6) is 0 Å². The number of anilines is 1. The predicted molar refractivity (Wildman–Crippen MR) is 104 cm³/mol. The number of carbonyl (C=O) groups excluding carboxylic acids is 1. The average molecular weight is 380 g/mol. The van der Waals surface area contributed by atoms with Crippen LogP contribution in [0, 0.1) is 5.92 Å². The van der Waals surface area contributed by atoms with E-state index in [1.807, 2.05) is 0 Å². The van der Waals surface area contributed by atoms with E-state index in [0.717, 1.165) is 19.0 Å². The van der Waals surface area contributed by atoms with E-state index in [2.05, 4.69) is 24.1 Å². The molecule has 0 bridgehead atoms. The number of amides is 1. The maximum atomic E-state index is 12.5. The smallest absolute Gasteiger partial charge is 0.251 e. The number of nitrogens with one attached hydrogen (secondary N) is 1. The van der Waals surface area contributed by atoms with Crippen molar-refractivity contribution in [3.05, 3.63) is 29.8 Å². The van der Waals surface area contributed by atoms with Crippen molar-refractivity contribution in [1.82, 2.24) is 10.2 Å². The minimum atomic E-state index is -3.23. The molecule has 0 spiro atoms. The van der Waals surface area contributed by atoms with Crippen molar-refractivity contribution in [3.63, 3.8) is 0 Å². The van der Waals surface area contributed by atoms with Gasteiger partial charge in [-0.15, -0.1) is 0 Å². The molecule has 7 heteroatoms. The maximum Gasteiger partial charge on any atom is 0.251 e. The number of hydrogen-bond donors (Lipinski definition) is 1. The van der Waals surface area contributed by atoms with E-state index in [9.17, 15) is 13.2 Å². The number of rotatable bonds is 5. The molecule has 2 saturated heterocycles. The van der Waals surface area contributed by atoms with Gasteiger partial charge in [0.05, 0.1) is 11.4 Å². The fourth-order valence-electron chi connectivity index (χ4n) is 3.67. The molecule has 0 aromatic heterocycles. The first-order chi connectivity index (χ1) is 12.4. The van der Waals surface area contributed by atoms with Gasteiger partial charge in [-0.05, 0) is 63.4 Å². The van der Waals surface area contributed by atoms with E-state index in [-0.39, 0.29) is 11.7 Å². The molecule has 0 radical (unpaired) electrons. The molecular formula is C19H29N3O3S. The summed E-state index contributed by atoms with van der Waals surface area (Å²) in [5.74, 6) is 0.813. The molecule has 1 amide bonds. The van der Waals surface area contributed by atoms with Crippen LogP contribution in [0.2, 0.25) is 0 Å². The van der Waals surface area contributed by atoms with Gasteiger partial charge in [0, 0.05) is 24.7 Å². The SMILES string of the molecule is CC1CCN(C(C)CNC(=O)c2cccc(N3CCCS3(=O)=O)c2)CC1. The van der Waals surface area contributed by atoms with Gasteiger partial charge >= 0.3 is 0 Å². The Labute approximate surface area is 156 Å². The highest BCUT2D eigenvalue weighted by Gasteiger charge is 2.28. The highest BCUT2D eigenvalue weighted by molar-refractivity contribution is 7.93. The number of benzene rings is 1. The lowest BCUT2D eigenvalue weighted by atomic mass is 9.98. The Morgan fingerprint density at radius 1 is 1.27 bits per heavy atom. The van der Waals surface area contributed by atoms with Gasteiger partial charge in [-0.25, -0.2) is 8.42 Å². The second-order valence-electron chi connectivity index (χ2n) is 7.57. The Kier molecular flexibility index (Phi) is 5.87. The average Bonchev–Trinajstić information content (AvgIpc) is 2.99. The molecule has 1 atom stereocenters. The van der Waals surface area contributed by atoms with Crippen LogP contribution in [0.3, 0.4) is 0 Å². The zero-order chi connectivity index (χ0) is 18.7. The molecule has 2 heterocycles. The van der Waals surface area contributed by atoms with Crippen LogP contribution >= 0.6 is 0 Å². The molecule has 2 aliphatic heterocycles. The zero-order valence-corrected chi connectivity index (χ0v) is 16.5. The highest BCUT2D eigenvalue weighted by Crippen LogP contribution is 2.24. The van der Waals surface area contributed by atoms with Gasteiger partial charge in [0.15, 0.2) is 0 Å². The Morgan fingerprint density at radius 3 is 2.65 bits per heavy atom. The lowest BCUT2D eigenvalue weighted by Crippen LogP contribution is -2.45. The molecule has 1 unspecified atom stereocenters. The van der Waals surface area contributed by atoms with Crippen LogP contribution in [0.15, 0.2) is 24.3 Å². The second kappa shape index (κ2) is 7.96. The Morgan fingerprint density at radius 2 is 2.00 bits per heavy atom. The summed E-state index contributed by atoms with van der Waals surface area (Å²) < 4.78 is 25.6. The number of carbonyl (C=O) groups is 1. The molecule has 0 aliphatic carbocycles. The summed E-state index contributed by atoms with van der Waals surface area (Å²) in [6.45, 7) is 7.68. The first kappa shape index (κ1) is 19.2. The lowest BCUT2D eigenvalue weighted by molar-refractivity contribution is 0.0921. The molecule has 0 saturated carbocycles. The molecule has 2 fully saturated rings. The van der Waals surface area contributed by atoms with Crippen molar-refractivity contribution >= 4 is 21.6 Å². The third-order valence-corrected chi connectivity index (χ3v) is 7.36. The summed E-state index contributed by atoms with van der Waals surface area (Å²) in [4.78, 5) is 14.9. The van der Waals surface area contributed by atoms with Crippen molar-refractivity contribution < 1.29 is 13.2 Å². The van der Waals surface area contributed by atoms with Gasteiger partial charge in [-0.2, -0.15) is 0 Å². The molecule has 2 aliphatic rings. The molecule has 1 aromatic rings. The summed E-state index contributed by atoms with van der Waals surface area (Å²) >= 11 is 0. The zero-order valence-electron chi connectivity index (χ0n) is 15.6. The summed E-state index contributed by atoms with van der Waals surface area (Å²) in [6, 6.07) is 7.19. The molecule has 1 aromatic carbocycles. The number of nitrogens with zero attached hydrogens (tertiary/aromatic N) is 2. The highest BCUT2D eigenvalue weighted by atomic mass is 32.2. The normalized spacial score (nSPS) is 22.3. The van der Waals surface area contributed by atoms with E-state index in [0.29, 0.717) is 36.8 Å². The quantitative estimate of drug-likeness (QED) is 0.850. The first-order valence-corrected chi connectivity index (χ1v) is 11.1. The number of hydrogen-bond acceptors (Lipinski definition) is 4. The third kappa shape index (κ3) is 4.38. The van der Waals surface area contributed by atoms with Gasteiger partial charge < -0.3 is 5.32 Å². The third-order valence-electron chi connectivity index (χ3n) is 5.50. The van der Waals surface area contributed by atoms with E-state index in [4.69, 9.17) is 0 Å². The topological polar surface area (TPSA) is 69.7 Å². The molecule has 1 N–H and O–H groups in total. The Hall–Kier alpha value is -1.60. The second-order valence-corrected chi connectivity index (χ2v) is 9.58. The van der Waals surface area contributed by atoms with Crippen molar-refractivity contribution in [2.75, 3.05) is 36.2 Å². The van der Waals surface area contributed by atoms with E-state index < -0.39 is 10.0 Å². The van der Waals surface area contributed by atoms with Crippen molar-refractivity contribution in [3.8, 4) is 0 Å². The summed E-state index contributed by atoms with van der Waals surface area (Å²) in [5, 5.41) is 3.00. The fraction of sp³-hybridized carbons (Fsp3) is 0.632. The predicted octanol–water partition coefficient (Wildman–Crippen LogP) is 2.08. The summed E-state index contributed by atoms with van der Waals surface area (Å²) in [6.07, 6.45) is 3.06. The fourth-order valence-corrected chi connectivity index (χ4v) is 5.23. The molecular weight excluding hydrogens is 350 g/mol. The van der Waals surface area contributed by atoms with Crippen molar-refractivity contribution in [2.45, 2.75) is 39.2 Å². The monoisotopic (exact) mass is 379 g/mol. The van der Waals surface area contributed by atoms with Crippen molar-refractivity contribution in [2.24, 2.45) is 5.92 Å². The maximum absolute atomic E-state index is 12.5. The Balaban J connectivity index is 1.59. The van der Waals surface area contributed by atoms with Crippen LogP contribution < -0.4 is 9.62 Å². The molecule has 144 valence electrons. The van der Waals surface area contributed by atoms with Gasteiger partial charge in [-0.3, -0.25) is 14.0 Å². The van der Waals surface area contributed by atoms with Gasteiger partial charge in [0.25, 0.3) is 5.91 Å². The number of sulfonamides is 1. The summed E-state index contributed by atoms with van der Waals surface area (Å²) in [5.41, 5.74) is 1.08. The minimum Gasteiger partial charge on any atom is -0.350 e. The van der Waals surface area contributed by atoms with Crippen molar-refractivity contribution in [1.29, 1.82) is 0 Å². The lowest BCUT2D eigenvalue weighted by Gasteiger charge is -2.35. The van der Waals surface area contributed by atoms with Crippen LogP contribution in [-0.4, -0.2) is 57.2 Å². The van der Waals surface area contributed by atoms with Crippen LogP contribution in [-0.2, 0) is 10.0 Å². The van der Waals surface area contributed by atoms with Crippen LogP contribution in [0.25, 0.3) is 0 Å². The molecule has 3 rings (SSSR count).